The SMILES string of the molecule is CC[C@@H](C)Oc1ccc(-c2nn[nH]n2)cc1. The van der Waals surface area contributed by atoms with Crippen molar-refractivity contribution in [2.45, 2.75) is 26.4 Å². The molecule has 5 heteroatoms. The Morgan fingerprint density at radius 3 is 2.62 bits per heavy atom. The van der Waals surface area contributed by atoms with Crippen LogP contribution in [0.3, 0.4) is 0 Å². The zero-order valence-corrected chi connectivity index (χ0v) is 9.34. The van der Waals surface area contributed by atoms with Gasteiger partial charge in [-0.15, -0.1) is 10.2 Å². The highest BCUT2D eigenvalue weighted by atomic mass is 16.5. The molecule has 0 aliphatic rings. The van der Waals surface area contributed by atoms with Crippen molar-refractivity contribution in [3.8, 4) is 17.1 Å². The lowest BCUT2D eigenvalue weighted by Gasteiger charge is -2.12. The standard InChI is InChI=1S/C11H14N4O/c1-3-8(2)16-10-6-4-9(5-7-10)11-12-14-15-13-11/h4-8H,3H2,1-2H3,(H,12,13,14,15)/t8-/m1/s1. The quantitative estimate of drug-likeness (QED) is 0.853. The molecular weight excluding hydrogens is 204 g/mol. The van der Waals surface area contributed by atoms with Crippen LogP contribution in [-0.2, 0) is 0 Å². The molecule has 0 saturated carbocycles. The van der Waals surface area contributed by atoms with Gasteiger partial charge in [0.25, 0.3) is 0 Å². The Bertz CT molecular complexity index is 424. The number of rotatable bonds is 4. The highest BCUT2D eigenvalue weighted by Crippen LogP contribution is 2.19. The van der Waals surface area contributed by atoms with Crippen molar-refractivity contribution in [1.82, 2.24) is 20.6 Å². The molecule has 2 aromatic rings. The van der Waals surface area contributed by atoms with Crippen LogP contribution >= 0.6 is 0 Å². The van der Waals surface area contributed by atoms with Gasteiger partial charge in [-0.25, -0.2) is 0 Å². The summed E-state index contributed by atoms with van der Waals surface area (Å²) in [4.78, 5) is 0. The first-order valence-electron chi connectivity index (χ1n) is 5.30. The second-order valence-corrected chi connectivity index (χ2v) is 3.60. The first kappa shape index (κ1) is 10.6. The lowest BCUT2D eigenvalue weighted by atomic mass is 10.2. The number of hydrogen-bond acceptors (Lipinski definition) is 4. The fraction of sp³-hybridized carbons (Fsp3) is 0.364. The molecule has 5 nitrogen and oxygen atoms in total. The molecular formula is C11H14N4O. The third-order valence-electron chi connectivity index (χ3n) is 2.37. The highest BCUT2D eigenvalue weighted by Gasteiger charge is 2.04. The summed E-state index contributed by atoms with van der Waals surface area (Å²) in [5.74, 6) is 1.46. The number of benzene rings is 1. The molecule has 1 N–H and O–H groups in total. The number of aromatic amines is 1. The predicted octanol–water partition coefficient (Wildman–Crippen LogP) is 2.04. The van der Waals surface area contributed by atoms with Crippen LogP contribution in [-0.4, -0.2) is 26.7 Å². The smallest absolute Gasteiger partial charge is 0.204 e. The monoisotopic (exact) mass is 218 g/mol. The number of hydrogen-bond donors (Lipinski definition) is 1. The van der Waals surface area contributed by atoms with E-state index in [0.717, 1.165) is 17.7 Å². The highest BCUT2D eigenvalue weighted by molar-refractivity contribution is 5.54. The van der Waals surface area contributed by atoms with E-state index >= 15 is 0 Å². The van der Waals surface area contributed by atoms with Crippen LogP contribution in [0, 0.1) is 0 Å². The Balaban J connectivity index is 2.11. The van der Waals surface area contributed by atoms with Crippen molar-refractivity contribution in [2.75, 3.05) is 0 Å². The van der Waals surface area contributed by atoms with Gasteiger partial charge in [-0.2, -0.15) is 5.21 Å². The zero-order valence-electron chi connectivity index (χ0n) is 9.34. The molecule has 1 aromatic heterocycles. The van der Waals surface area contributed by atoms with Crippen LogP contribution in [0.25, 0.3) is 11.4 Å². The summed E-state index contributed by atoms with van der Waals surface area (Å²) in [7, 11) is 0. The Morgan fingerprint density at radius 2 is 2.06 bits per heavy atom. The van der Waals surface area contributed by atoms with Gasteiger partial charge in [0.2, 0.25) is 5.82 Å². The zero-order chi connectivity index (χ0) is 11.4. The Morgan fingerprint density at radius 1 is 1.31 bits per heavy atom. The minimum Gasteiger partial charge on any atom is -0.491 e. The van der Waals surface area contributed by atoms with Gasteiger partial charge in [0.15, 0.2) is 0 Å². The van der Waals surface area contributed by atoms with E-state index in [1.54, 1.807) is 0 Å². The van der Waals surface area contributed by atoms with Crippen molar-refractivity contribution in [3.05, 3.63) is 24.3 Å². The van der Waals surface area contributed by atoms with Crippen molar-refractivity contribution in [1.29, 1.82) is 0 Å². The van der Waals surface area contributed by atoms with Crippen LogP contribution in [0.4, 0.5) is 0 Å². The summed E-state index contributed by atoms with van der Waals surface area (Å²) in [6.45, 7) is 4.14. The van der Waals surface area contributed by atoms with Crippen LogP contribution in [0.1, 0.15) is 20.3 Å². The van der Waals surface area contributed by atoms with Crippen molar-refractivity contribution >= 4 is 0 Å². The number of tetrazole rings is 1. The van der Waals surface area contributed by atoms with Gasteiger partial charge in [-0.1, -0.05) is 6.92 Å². The molecule has 84 valence electrons. The molecule has 0 aliphatic carbocycles. The normalized spacial score (nSPS) is 12.4. The first-order chi connectivity index (χ1) is 7.79. The first-order valence-corrected chi connectivity index (χ1v) is 5.30. The molecule has 0 radical (unpaired) electrons. The topological polar surface area (TPSA) is 63.7 Å². The maximum atomic E-state index is 5.67. The van der Waals surface area contributed by atoms with Gasteiger partial charge < -0.3 is 4.74 Å². The van der Waals surface area contributed by atoms with E-state index in [2.05, 4.69) is 27.5 Å². The van der Waals surface area contributed by atoms with E-state index < -0.39 is 0 Å². The summed E-state index contributed by atoms with van der Waals surface area (Å²) in [6.07, 6.45) is 1.23. The summed E-state index contributed by atoms with van der Waals surface area (Å²) >= 11 is 0. The van der Waals surface area contributed by atoms with Gasteiger partial charge in [-0.05, 0) is 42.8 Å². The third kappa shape index (κ3) is 2.36. The van der Waals surface area contributed by atoms with Crippen LogP contribution in [0.15, 0.2) is 24.3 Å². The number of H-pyrrole nitrogens is 1. The molecule has 0 aliphatic heterocycles. The number of nitrogens with zero attached hydrogens (tertiary/aromatic N) is 3. The number of ether oxygens (including phenoxy) is 1. The average Bonchev–Trinajstić information content (AvgIpc) is 2.83. The predicted molar refractivity (Wildman–Crippen MR) is 60.0 cm³/mol. The maximum Gasteiger partial charge on any atom is 0.204 e. The minimum atomic E-state index is 0.232. The Kier molecular flexibility index (Phi) is 3.14. The average molecular weight is 218 g/mol. The number of nitrogens with one attached hydrogen (secondary N) is 1. The van der Waals surface area contributed by atoms with Crippen molar-refractivity contribution in [2.24, 2.45) is 0 Å². The number of aromatic nitrogens is 4. The molecule has 1 atom stereocenters. The lowest BCUT2D eigenvalue weighted by molar-refractivity contribution is 0.217. The summed E-state index contributed by atoms with van der Waals surface area (Å²) in [5.41, 5.74) is 0.922. The Hall–Kier alpha value is -1.91. The van der Waals surface area contributed by atoms with E-state index in [-0.39, 0.29) is 6.10 Å². The molecule has 0 unspecified atom stereocenters. The molecule has 0 saturated heterocycles. The molecule has 0 amide bonds. The molecule has 0 spiro atoms. The van der Waals surface area contributed by atoms with Crippen molar-refractivity contribution in [3.63, 3.8) is 0 Å². The van der Waals surface area contributed by atoms with Gasteiger partial charge in [0, 0.05) is 5.56 Å². The lowest BCUT2D eigenvalue weighted by Crippen LogP contribution is -2.09. The molecule has 0 bridgehead atoms. The molecule has 16 heavy (non-hydrogen) atoms. The largest absolute Gasteiger partial charge is 0.491 e. The van der Waals surface area contributed by atoms with E-state index in [1.807, 2.05) is 31.2 Å². The van der Waals surface area contributed by atoms with E-state index in [1.165, 1.54) is 0 Å². The molecule has 2 rings (SSSR count). The second kappa shape index (κ2) is 4.74. The van der Waals surface area contributed by atoms with Crippen LogP contribution < -0.4 is 4.74 Å². The van der Waals surface area contributed by atoms with E-state index in [4.69, 9.17) is 4.74 Å². The van der Waals surface area contributed by atoms with Crippen LogP contribution in [0.5, 0.6) is 5.75 Å². The van der Waals surface area contributed by atoms with Crippen molar-refractivity contribution < 1.29 is 4.74 Å². The van der Waals surface area contributed by atoms with Gasteiger partial charge in [-0.3, -0.25) is 0 Å². The van der Waals surface area contributed by atoms with Gasteiger partial charge in [0.05, 0.1) is 6.10 Å². The molecule has 1 heterocycles. The van der Waals surface area contributed by atoms with Crippen LogP contribution in [0.2, 0.25) is 0 Å². The van der Waals surface area contributed by atoms with Gasteiger partial charge in [0.1, 0.15) is 5.75 Å². The van der Waals surface area contributed by atoms with Gasteiger partial charge >= 0.3 is 0 Å². The fourth-order valence-electron chi connectivity index (χ4n) is 1.28. The Labute approximate surface area is 93.8 Å². The third-order valence-corrected chi connectivity index (χ3v) is 2.37. The second-order valence-electron chi connectivity index (χ2n) is 3.60. The summed E-state index contributed by atoms with van der Waals surface area (Å²) in [5, 5.41) is 13.7. The molecule has 1 aromatic carbocycles. The fourth-order valence-corrected chi connectivity index (χ4v) is 1.28. The van der Waals surface area contributed by atoms with E-state index in [9.17, 15) is 0 Å². The van der Waals surface area contributed by atoms with E-state index in [0.29, 0.717) is 5.82 Å². The minimum absolute atomic E-state index is 0.232. The molecule has 0 fully saturated rings. The summed E-state index contributed by atoms with van der Waals surface area (Å²) in [6, 6.07) is 7.67. The summed E-state index contributed by atoms with van der Waals surface area (Å²) < 4.78 is 5.67. The maximum absolute atomic E-state index is 5.67.